The lowest BCUT2D eigenvalue weighted by Gasteiger charge is -1.87. The third kappa shape index (κ3) is 1.81. The van der Waals surface area contributed by atoms with Crippen LogP contribution >= 0.6 is 11.3 Å². The summed E-state index contributed by atoms with van der Waals surface area (Å²) in [5, 5.41) is 10.9. The summed E-state index contributed by atoms with van der Waals surface area (Å²) in [5.74, 6) is 0. The van der Waals surface area contributed by atoms with E-state index >= 15 is 0 Å². The SMILES string of the molecule is CON=C([C]=O)c1nncs1. The second-order valence-corrected chi connectivity index (χ2v) is 2.30. The molecule has 0 saturated carbocycles. The van der Waals surface area contributed by atoms with Gasteiger partial charge in [-0.3, -0.25) is 4.79 Å². The van der Waals surface area contributed by atoms with Crippen LogP contribution in [0, 0.1) is 0 Å². The van der Waals surface area contributed by atoms with Crippen LogP contribution in [0.15, 0.2) is 10.7 Å². The van der Waals surface area contributed by atoms with E-state index in [2.05, 4.69) is 20.2 Å². The number of rotatable bonds is 3. The zero-order chi connectivity index (χ0) is 8.10. The van der Waals surface area contributed by atoms with E-state index in [1.807, 2.05) is 0 Å². The highest BCUT2D eigenvalue weighted by molar-refractivity contribution is 7.12. The Hall–Kier alpha value is -1.30. The average molecular weight is 170 g/mol. The van der Waals surface area contributed by atoms with Gasteiger partial charge in [0.15, 0.2) is 10.7 Å². The van der Waals surface area contributed by atoms with Gasteiger partial charge in [0.2, 0.25) is 0 Å². The molecule has 0 aromatic carbocycles. The molecule has 1 aromatic heterocycles. The van der Waals surface area contributed by atoms with Crippen molar-refractivity contribution in [1.82, 2.24) is 10.2 Å². The molecule has 0 fully saturated rings. The molecule has 0 amide bonds. The fourth-order valence-electron chi connectivity index (χ4n) is 0.469. The van der Waals surface area contributed by atoms with Crippen molar-refractivity contribution in [2.24, 2.45) is 5.16 Å². The summed E-state index contributed by atoms with van der Waals surface area (Å²) in [5.41, 5.74) is 1.53. The summed E-state index contributed by atoms with van der Waals surface area (Å²) in [4.78, 5) is 14.6. The standard InChI is InChI=1S/C5H4N3O2S/c1-10-8-4(2-9)5-7-6-3-11-5/h3H,1H3. The molecule has 11 heavy (non-hydrogen) atoms. The summed E-state index contributed by atoms with van der Waals surface area (Å²) in [6, 6.07) is 0. The smallest absolute Gasteiger partial charge is 0.260 e. The van der Waals surface area contributed by atoms with E-state index in [1.54, 1.807) is 6.29 Å². The molecule has 1 radical (unpaired) electrons. The second kappa shape index (κ2) is 3.77. The van der Waals surface area contributed by atoms with Crippen LogP contribution in [0.2, 0.25) is 0 Å². The molecule has 6 heteroatoms. The maximum Gasteiger partial charge on any atom is 0.260 e. The van der Waals surface area contributed by atoms with E-state index in [0.29, 0.717) is 5.01 Å². The highest BCUT2D eigenvalue weighted by Crippen LogP contribution is 2.01. The Bertz CT molecular complexity index is 257. The van der Waals surface area contributed by atoms with Crippen LogP contribution in [0.4, 0.5) is 0 Å². The van der Waals surface area contributed by atoms with E-state index in [4.69, 9.17) is 0 Å². The highest BCUT2D eigenvalue weighted by atomic mass is 32.1. The molecule has 0 spiro atoms. The number of oxime groups is 1. The molecule has 0 N–H and O–H groups in total. The largest absolute Gasteiger partial charge is 0.398 e. The van der Waals surface area contributed by atoms with Gasteiger partial charge in [-0.25, -0.2) is 0 Å². The molecule has 0 bridgehead atoms. The summed E-state index contributed by atoms with van der Waals surface area (Å²) in [6.45, 7) is 0. The van der Waals surface area contributed by atoms with Crippen molar-refractivity contribution in [2.45, 2.75) is 0 Å². The van der Waals surface area contributed by atoms with Crippen molar-refractivity contribution in [1.29, 1.82) is 0 Å². The topological polar surface area (TPSA) is 64.4 Å². The lowest BCUT2D eigenvalue weighted by molar-refractivity contribution is 0.214. The molecular weight excluding hydrogens is 166 g/mol. The van der Waals surface area contributed by atoms with Crippen molar-refractivity contribution in [2.75, 3.05) is 7.11 Å². The maximum absolute atomic E-state index is 10.2. The Morgan fingerprint density at radius 3 is 3.18 bits per heavy atom. The lowest BCUT2D eigenvalue weighted by Crippen LogP contribution is -2.01. The van der Waals surface area contributed by atoms with Crippen molar-refractivity contribution in [3.8, 4) is 0 Å². The van der Waals surface area contributed by atoms with Gasteiger partial charge >= 0.3 is 0 Å². The van der Waals surface area contributed by atoms with Crippen molar-refractivity contribution in [3.05, 3.63) is 10.5 Å². The Balaban J connectivity index is 2.88. The van der Waals surface area contributed by atoms with E-state index in [1.165, 1.54) is 24.0 Å². The first-order valence-corrected chi connectivity index (χ1v) is 3.52. The Kier molecular flexibility index (Phi) is 2.67. The molecule has 0 aliphatic rings. The Morgan fingerprint density at radius 1 is 1.91 bits per heavy atom. The van der Waals surface area contributed by atoms with Crippen molar-refractivity contribution in [3.63, 3.8) is 0 Å². The van der Waals surface area contributed by atoms with Gasteiger partial charge in [-0.15, -0.1) is 10.2 Å². The molecule has 0 saturated heterocycles. The zero-order valence-electron chi connectivity index (χ0n) is 5.64. The van der Waals surface area contributed by atoms with Crippen LogP contribution in [-0.2, 0) is 9.63 Å². The van der Waals surface area contributed by atoms with Gasteiger partial charge in [-0.2, -0.15) is 0 Å². The average Bonchev–Trinajstić information content (AvgIpc) is 2.52. The van der Waals surface area contributed by atoms with Gasteiger partial charge in [0.1, 0.15) is 12.6 Å². The minimum atomic E-state index is 0.0370. The lowest BCUT2D eigenvalue weighted by atomic mass is 10.4. The first kappa shape index (κ1) is 7.80. The molecule has 57 valence electrons. The Morgan fingerprint density at radius 2 is 2.73 bits per heavy atom. The molecular formula is C5H4N3O2S. The molecule has 0 aliphatic heterocycles. The molecule has 5 nitrogen and oxygen atoms in total. The van der Waals surface area contributed by atoms with Crippen LogP contribution < -0.4 is 0 Å². The quantitative estimate of drug-likeness (QED) is 0.473. The number of nitrogens with zero attached hydrogens (tertiary/aromatic N) is 3. The van der Waals surface area contributed by atoms with E-state index in [9.17, 15) is 4.79 Å². The van der Waals surface area contributed by atoms with Gasteiger partial charge in [-0.05, 0) is 0 Å². The monoisotopic (exact) mass is 170 g/mol. The Labute approximate surface area is 66.7 Å². The van der Waals surface area contributed by atoms with E-state index in [0.717, 1.165) is 0 Å². The fourth-order valence-corrected chi connectivity index (χ4v) is 0.948. The normalized spacial score (nSPS) is 11.2. The van der Waals surface area contributed by atoms with Crippen LogP contribution in [0.1, 0.15) is 5.01 Å². The van der Waals surface area contributed by atoms with Gasteiger partial charge in [0.05, 0.1) is 0 Å². The van der Waals surface area contributed by atoms with E-state index in [-0.39, 0.29) is 5.71 Å². The molecule has 0 atom stereocenters. The first-order chi connectivity index (χ1) is 5.38. The minimum absolute atomic E-state index is 0.0370. The molecule has 1 heterocycles. The van der Waals surface area contributed by atoms with Crippen LogP contribution in [0.25, 0.3) is 0 Å². The number of carbonyl (C=O) groups excluding carboxylic acids is 1. The molecule has 1 aromatic rings. The molecule has 0 unspecified atom stereocenters. The van der Waals surface area contributed by atoms with Gasteiger partial charge in [-0.1, -0.05) is 16.5 Å². The zero-order valence-corrected chi connectivity index (χ0v) is 6.46. The highest BCUT2D eigenvalue weighted by Gasteiger charge is 2.06. The summed E-state index contributed by atoms with van der Waals surface area (Å²) < 4.78 is 0. The minimum Gasteiger partial charge on any atom is -0.398 e. The predicted octanol–water partition coefficient (Wildman–Crippen LogP) is -0.00170. The van der Waals surface area contributed by atoms with E-state index < -0.39 is 0 Å². The van der Waals surface area contributed by atoms with Gasteiger partial charge < -0.3 is 4.84 Å². The molecule has 0 aliphatic carbocycles. The van der Waals surface area contributed by atoms with Crippen LogP contribution in [0.3, 0.4) is 0 Å². The number of hydrogen-bond donors (Lipinski definition) is 0. The summed E-state index contributed by atoms with van der Waals surface area (Å²) in [7, 11) is 1.35. The third-order valence-corrected chi connectivity index (χ3v) is 1.54. The van der Waals surface area contributed by atoms with Crippen molar-refractivity contribution < 1.29 is 9.63 Å². The van der Waals surface area contributed by atoms with Crippen LogP contribution in [-0.4, -0.2) is 29.3 Å². The second-order valence-electron chi connectivity index (χ2n) is 1.47. The van der Waals surface area contributed by atoms with Gasteiger partial charge in [0, 0.05) is 0 Å². The first-order valence-electron chi connectivity index (χ1n) is 2.64. The molecule has 1 rings (SSSR count). The predicted molar refractivity (Wildman–Crippen MR) is 39.1 cm³/mol. The fraction of sp³-hybridized carbons (Fsp3) is 0.200. The van der Waals surface area contributed by atoms with Crippen molar-refractivity contribution >= 4 is 23.3 Å². The third-order valence-electron chi connectivity index (χ3n) is 0.842. The summed E-state index contributed by atoms with van der Waals surface area (Å²) in [6.07, 6.45) is 1.59. The van der Waals surface area contributed by atoms with Gasteiger partial charge in [0.25, 0.3) is 6.29 Å². The number of aromatic nitrogens is 2. The summed E-state index contributed by atoms with van der Waals surface area (Å²) >= 11 is 1.20. The van der Waals surface area contributed by atoms with Crippen LogP contribution in [0.5, 0.6) is 0 Å². The number of hydrogen-bond acceptors (Lipinski definition) is 6. The maximum atomic E-state index is 10.2.